The fourth-order valence-corrected chi connectivity index (χ4v) is 4.03. The highest BCUT2D eigenvalue weighted by Gasteiger charge is 2.31. The molecule has 0 amide bonds. The van der Waals surface area contributed by atoms with Gasteiger partial charge in [0.2, 0.25) is 0 Å². The highest BCUT2D eigenvalue weighted by atomic mass is 32.2. The molecule has 6 nitrogen and oxygen atoms in total. The van der Waals surface area contributed by atoms with Crippen molar-refractivity contribution < 1.29 is 13.3 Å². The minimum Gasteiger partial charge on any atom is -0.266 e. The third kappa shape index (κ3) is 3.50. The van der Waals surface area contributed by atoms with Crippen molar-refractivity contribution in [2.24, 2.45) is 0 Å². The van der Waals surface area contributed by atoms with E-state index in [4.69, 9.17) is 0 Å². The molecule has 2 aromatic rings. The SMILES string of the molecule is CCCN(c1cccc(C)c1)S(=O)(=O)c1ccccc1[N+](=O)[O-]. The Morgan fingerprint density at radius 2 is 1.83 bits per heavy atom. The van der Waals surface area contributed by atoms with Crippen LogP contribution in [-0.2, 0) is 10.0 Å². The van der Waals surface area contributed by atoms with Gasteiger partial charge in [0.1, 0.15) is 0 Å². The average Bonchev–Trinajstić information content (AvgIpc) is 2.52. The van der Waals surface area contributed by atoms with E-state index in [0.717, 1.165) is 5.56 Å². The van der Waals surface area contributed by atoms with Gasteiger partial charge in [-0.15, -0.1) is 0 Å². The lowest BCUT2D eigenvalue weighted by Crippen LogP contribution is -2.32. The first-order chi connectivity index (χ1) is 10.9. The number of anilines is 1. The Balaban J connectivity index is 2.61. The molecule has 0 radical (unpaired) electrons. The molecule has 7 heteroatoms. The number of hydrogen-bond acceptors (Lipinski definition) is 4. The summed E-state index contributed by atoms with van der Waals surface area (Å²) in [6.45, 7) is 3.97. The number of benzene rings is 2. The van der Waals surface area contributed by atoms with Crippen molar-refractivity contribution in [2.75, 3.05) is 10.8 Å². The minimum absolute atomic E-state index is 0.248. The Kier molecular flexibility index (Phi) is 5.00. The summed E-state index contributed by atoms with van der Waals surface area (Å²) in [6, 6.07) is 12.5. The molecule has 2 aromatic carbocycles. The quantitative estimate of drug-likeness (QED) is 0.598. The molecule has 0 spiro atoms. The van der Waals surface area contributed by atoms with Crippen LogP contribution in [0.3, 0.4) is 0 Å². The average molecular weight is 334 g/mol. The Labute approximate surface area is 135 Å². The molecule has 23 heavy (non-hydrogen) atoms. The first-order valence-corrected chi connectivity index (χ1v) is 8.64. The fourth-order valence-electron chi connectivity index (χ4n) is 2.32. The number of nitro groups is 1. The largest absolute Gasteiger partial charge is 0.289 e. The van der Waals surface area contributed by atoms with Crippen LogP contribution < -0.4 is 4.31 Å². The highest BCUT2D eigenvalue weighted by Crippen LogP contribution is 2.30. The van der Waals surface area contributed by atoms with Gasteiger partial charge in [-0.05, 0) is 37.1 Å². The second-order valence-corrected chi connectivity index (χ2v) is 6.97. The Hall–Kier alpha value is -2.41. The van der Waals surface area contributed by atoms with Crippen LogP contribution in [0.4, 0.5) is 11.4 Å². The monoisotopic (exact) mass is 334 g/mol. The molecule has 0 aliphatic heterocycles. The van der Waals surface area contributed by atoms with E-state index < -0.39 is 20.6 Å². The molecule has 0 bridgehead atoms. The first kappa shape index (κ1) is 17.0. The normalized spacial score (nSPS) is 11.2. The maximum atomic E-state index is 13.0. The van der Waals surface area contributed by atoms with Crippen LogP contribution in [0.1, 0.15) is 18.9 Å². The maximum Gasteiger partial charge on any atom is 0.289 e. The topological polar surface area (TPSA) is 80.5 Å². The number of hydrogen-bond donors (Lipinski definition) is 0. The summed E-state index contributed by atoms with van der Waals surface area (Å²) in [6.07, 6.45) is 0.591. The molecular weight excluding hydrogens is 316 g/mol. The second-order valence-electron chi connectivity index (χ2n) is 5.14. The van der Waals surface area contributed by atoms with E-state index in [2.05, 4.69) is 0 Å². The van der Waals surface area contributed by atoms with Gasteiger partial charge in [0.25, 0.3) is 15.7 Å². The Morgan fingerprint density at radius 1 is 1.13 bits per heavy atom. The predicted octanol–water partition coefficient (Wildman–Crippen LogP) is 3.51. The lowest BCUT2D eigenvalue weighted by atomic mass is 10.2. The van der Waals surface area contributed by atoms with Crippen LogP contribution in [0.2, 0.25) is 0 Å². The molecule has 0 heterocycles. The van der Waals surface area contributed by atoms with E-state index in [1.807, 2.05) is 19.9 Å². The molecule has 0 fully saturated rings. The smallest absolute Gasteiger partial charge is 0.266 e. The van der Waals surface area contributed by atoms with Crippen LogP contribution >= 0.6 is 0 Å². The van der Waals surface area contributed by atoms with Gasteiger partial charge in [-0.1, -0.05) is 31.2 Å². The zero-order valence-corrected chi connectivity index (χ0v) is 13.8. The van der Waals surface area contributed by atoms with Gasteiger partial charge < -0.3 is 0 Å². The van der Waals surface area contributed by atoms with Gasteiger partial charge in [0, 0.05) is 12.6 Å². The van der Waals surface area contributed by atoms with Crippen molar-refractivity contribution in [1.82, 2.24) is 0 Å². The van der Waals surface area contributed by atoms with Crippen molar-refractivity contribution in [1.29, 1.82) is 0 Å². The van der Waals surface area contributed by atoms with Gasteiger partial charge in [-0.2, -0.15) is 0 Å². The highest BCUT2D eigenvalue weighted by molar-refractivity contribution is 7.93. The number of para-hydroxylation sites is 1. The molecule has 2 rings (SSSR count). The van der Waals surface area contributed by atoms with E-state index >= 15 is 0 Å². The third-order valence-electron chi connectivity index (χ3n) is 3.35. The van der Waals surface area contributed by atoms with Crippen molar-refractivity contribution >= 4 is 21.4 Å². The van der Waals surface area contributed by atoms with E-state index in [1.54, 1.807) is 18.2 Å². The Bertz CT molecular complexity index is 818. The lowest BCUT2D eigenvalue weighted by molar-refractivity contribution is -0.387. The van der Waals surface area contributed by atoms with Crippen molar-refractivity contribution in [3.63, 3.8) is 0 Å². The van der Waals surface area contributed by atoms with Crippen molar-refractivity contribution in [3.8, 4) is 0 Å². The van der Waals surface area contributed by atoms with Crippen LogP contribution in [0.25, 0.3) is 0 Å². The van der Waals surface area contributed by atoms with Gasteiger partial charge >= 0.3 is 0 Å². The van der Waals surface area contributed by atoms with Crippen LogP contribution in [-0.4, -0.2) is 19.9 Å². The summed E-state index contributed by atoms with van der Waals surface area (Å²) in [7, 11) is -4.02. The van der Waals surface area contributed by atoms with Crippen LogP contribution in [0.15, 0.2) is 53.4 Å². The van der Waals surface area contributed by atoms with Crippen LogP contribution in [0.5, 0.6) is 0 Å². The third-order valence-corrected chi connectivity index (χ3v) is 5.22. The fraction of sp³-hybridized carbons (Fsp3) is 0.250. The zero-order valence-electron chi connectivity index (χ0n) is 13.0. The van der Waals surface area contributed by atoms with Crippen LogP contribution in [0, 0.1) is 17.0 Å². The number of nitro benzene ring substituents is 1. The molecule has 0 aliphatic rings. The maximum absolute atomic E-state index is 13.0. The number of rotatable bonds is 6. The molecule has 0 atom stereocenters. The predicted molar refractivity (Wildman–Crippen MR) is 89.1 cm³/mol. The molecule has 122 valence electrons. The number of sulfonamides is 1. The Morgan fingerprint density at radius 3 is 2.43 bits per heavy atom. The van der Waals surface area contributed by atoms with E-state index in [1.165, 1.54) is 28.6 Å². The summed E-state index contributed by atoms with van der Waals surface area (Å²) in [4.78, 5) is 10.2. The molecule has 0 aromatic heterocycles. The number of aryl methyl sites for hydroxylation is 1. The summed E-state index contributed by atoms with van der Waals surface area (Å²) in [5, 5.41) is 11.2. The van der Waals surface area contributed by atoms with Gasteiger partial charge in [-0.3, -0.25) is 14.4 Å². The molecular formula is C16H18N2O4S. The molecule has 0 saturated heterocycles. The zero-order chi connectivity index (χ0) is 17.0. The van der Waals surface area contributed by atoms with E-state index in [0.29, 0.717) is 12.1 Å². The number of nitrogens with zero attached hydrogens (tertiary/aromatic N) is 2. The minimum atomic E-state index is -4.02. The second kappa shape index (κ2) is 6.78. The standard InChI is InChI=1S/C16H18N2O4S/c1-3-11-17(14-8-6-7-13(2)12-14)23(21,22)16-10-5-4-9-15(16)18(19)20/h4-10,12H,3,11H2,1-2H3. The molecule has 0 unspecified atom stereocenters. The molecule has 0 aliphatic carbocycles. The molecule has 0 N–H and O–H groups in total. The summed E-state index contributed by atoms with van der Waals surface area (Å²) >= 11 is 0. The molecule has 0 saturated carbocycles. The van der Waals surface area contributed by atoms with Gasteiger partial charge in [-0.25, -0.2) is 8.42 Å². The van der Waals surface area contributed by atoms with Crippen molar-refractivity contribution in [3.05, 3.63) is 64.2 Å². The summed E-state index contributed by atoms with van der Waals surface area (Å²) < 4.78 is 27.2. The van der Waals surface area contributed by atoms with E-state index in [-0.39, 0.29) is 11.4 Å². The van der Waals surface area contributed by atoms with Gasteiger partial charge in [0.05, 0.1) is 10.6 Å². The first-order valence-electron chi connectivity index (χ1n) is 7.20. The van der Waals surface area contributed by atoms with Crippen molar-refractivity contribution in [2.45, 2.75) is 25.2 Å². The van der Waals surface area contributed by atoms with E-state index in [9.17, 15) is 18.5 Å². The summed E-state index contributed by atoms with van der Waals surface area (Å²) in [5.74, 6) is 0. The summed E-state index contributed by atoms with van der Waals surface area (Å²) in [5.41, 5.74) is 1.01. The van der Waals surface area contributed by atoms with Gasteiger partial charge in [0.15, 0.2) is 4.90 Å². The lowest BCUT2D eigenvalue weighted by Gasteiger charge is -2.24.